The number of hydrogen-bond acceptors (Lipinski definition) is 3. The van der Waals surface area contributed by atoms with Crippen molar-refractivity contribution in [3.63, 3.8) is 0 Å². The Hall–Kier alpha value is -0.380. The van der Waals surface area contributed by atoms with Crippen molar-refractivity contribution in [1.82, 2.24) is 0 Å². The Morgan fingerprint density at radius 1 is 1.42 bits per heavy atom. The maximum Gasteiger partial charge on any atom is 0.0644 e. The third-order valence-corrected chi connectivity index (χ3v) is 1.64. The van der Waals surface area contributed by atoms with Gasteiger partial charge in [0.25, 0.3) is 0 Å². The van der Waals surface area contributed by atoms with Crippen LogP contribution in [0.5, 0.6) is 0 Å². The molecule has 0 rings (SSSR count). The molecule has 4 N–H and O–H groups in total. The quantitative estimate of drug-likeness (QED) is 0.417. The van der Waals surface area contributed by atoms with Crippen molar-refractivity contribution in [2.75, 3.05) is 19.8 Å². The molecular formula is C9H20N2O. The Kier molecular flexibility index (Phi) is 8.44. The van der Waals surface area contributed by atoms with E-state index in [1.165, 1.54) is 0 Å². The summed E-state index contributed by atoms with van der Waals surface area (Å²) in [6.07, 6.45) is 4.66. The highest BCUT2D eigenvalue weighted by molar-refractivity contribution is 4.64. The van der Waals surface area contributed by atoms with Crippen molar-refractivity contribution >= 4 is 0 Å². The molecule has 0 fully saturated rings. The first-order valence-electron chi connectivity index (χ1n) is 4.45. The van der Waals surface area contributed by atoms with Crippen LogP contribution in [0.3, 0.4) is 0 Å². The summed E-state index contributed by atoms with van der Waals surface area (Å²) >= 11 is 0. The lowest BCUT2D eigenvalue weighted by Gasteiger charge is -2.09. The van der Waals surface area contributed by atoms with Gasteiger partial charge in [-0.2, -0.15) is 0 Å². The Morgan fingerprint density at radius 3 is 2.75 bits per heavy atom. The van der Waals surface area contributed by atoms with Gasteiger partial charge in [0.1, 0.15) is 0 Å². The molecule has 0 bridgehead atoms. The minimum Gasteiger partial charge on any atom is -0.377 e. The van der Waals surface area contributed by atoms with Crippen LogP contribution in [0.15, 0.2) is 12.7 Å². The van der Waals surface area contributed by atoms with Crippen molar-refractivity contribution in [2.45, 2.75) is 25.3 Å². The van der Waals surface area contributed by atoms with Crippen LogP contribution in [0, 0.1) is 0 Å². The lowest BCUT2D eigenvalue weighted by molar-refractivity contribution is 0.156. The molecular weight excluding hydrogens is 152 g/mol. The molecule has 3 nitrogen and oxygen atoms in total. The molecule has 0 heterocycles. The first kappa shape index (κ1) is 11.6. The molecule has 0 amide bonds. The van der Waals surface area contributed by atoms with E-state index in [0.717, 1.165) is 25.9 Å². The van der Waals surface area contributed by atoms with Crippen molar-refractivity contribution < 1.29 is 4.74 Å². The third-order valence-electron chi connectivity index (χ3n) is 1.64. The third kappa shape index (κ3) is 7.72. The number of rotatable bonds is 8. The monoisotopic (exact) mass is 172 g/mol. The van der Waals surface area contributed by atoms with E-state index in [4.69, 9.17) is 16.2 Å². The second kappa shape index (κ2) is 8.71. The van der Waals surface area contributed by atoms with E-state index >= 15 is 0 Å². The zero-order valence-corrected chi connectivity index (χ0v) is 7.67. The fourth-order valence-corrected chi connectivity index (χ4v) is 0.973. The lowest BCUT2D eigenvalue weighted by atomic mass is 10.1. The van der Waals surface area contributed by atoms with E-state index in [0.29, 0.717) is 13.2 Å². The highest BCUT2D eigenvalue weighted by atomic mass is 16.5. The summed E-state index contributed by atoms with van der Waals surface area (Å²) in [5, 5.41) is 0. The maximum atomic E-state index is 5.74. The Balaban J connectivity index is 3.02. The average molecular weight is 172 g/mol. The zero-order chi connectivity index (χ0) is 9.23. The fraction of sp³-hybridized carbons (Fsp3) is 0.778. The second-order valence-electron chi connectivity index (χ2n) is 2.84. The van der Waals surface area contributed by atoms with Crippen molar-refractivity contribution in [3.05, 3.63) is 12.7 Å². The summed E-state index contributed by atoms with van der Waals surface area (Å²) in [7, 11) is 0. The average Bonchev–Trinajstić information content (AvgIpc) is 2.05. The first-order chi connectivity index (χ1) is 5.81. The van der Waals surface area contributed by atoms with Crippen molar-refractivity contribution in [3.8, 4) is 0 Å². The van der Waals surface area contributed by atoms with Gasteiger partial charge in [-0.3, -0.25) is 0 Å². The van der Waals surface area contributed by atoms with Crippen LogP contribution in [-0.4, -0.2) is 25.8 Å². The van der Waals surface area contributed by atoms with Crippen LogP contribution >= 0.6 is 0 Å². The normalized spacial score (nSPS) is 12.8. The zero-order valence-electron chi connectivity index (χ0n) is 7.67. The lowest BCUT2D eigenvalue weighted by Crippen LogP contribution is -2.23. The number of nitrogens with two attached hydrogens (primary N) is 2. The Morgan fingerprint density at radius 2 is 2.17 bits per heavy atom. The minimum atomic E-state index is 0.238. The summed E-state index contributed by atoms with van der Waals surface area (Å²) in [6.45, 7) is 5.63. The minimum absolute atomic E-state index is 0.238. The largest absolute Gasteiger partial charge is 0.377 e. The molecule has 0 aliphatic carbocycles. The predicted molar refractivity (Wildman–Crippen MR) is 51.9 cm³/mol. The predicted octanol–water partition coefficient (Wildman–Crippen LogP) is 0.645. The van der Waals surface area contributed by atoms with E-state index in [1.54, 1.807) is 6.08 Å². The second-order valence-corrected chi connectivity index (χ2v) is 2.84. The summed E-state index contributed by atoms with van der Waals surface area (Å²) in [5.41, 5.74) is 11.1. The van der Waals surface area contributed by atoms with Gasteiger partial charge in [0.2, 0.25) is 0 Å². The van der Waals surface area contributed by atoms with Gasteiger partial charge in [-0.1, -0.05) is 6.08 Å². The molecule has 1 unspecified atom stereocenters. The van der Waals surface area contributed by atoms with E-state index in [1.807, 2.05) is 0 Å². The van der Waals surface area contributed by atoms with E-state index < -0.39 is 0 Å². The molecule has 0 aromatic heterocycles. The molecule has 0 aliphatic heterocycles. The van der Waals surface area contributed by atoms with Crippen LogP contribution in [0.25, 0.3) is 0 Å². The molecule has 3 heteroatoms. The van der Waals surface area contributed by atoms with Crippen LogP contribution < -0.4 is 11.5 Å². The standard InChI is InChI=1S/C9H20N2O/c1-2-7-12-8-3-4-9(11)5-6-10/h2,9H,1,3-8,10-11H2. The molecule has 0 aromatic carbocycles. The topological polar surface area (TPSA) is 61.3 Å². The molecule has 0 aliphatic rings. The Bertz CT molecular complexity index is 107. The van der Waals surface area contributed by atoms with Crippen LogP contribution in [-0.2, 0) is 4.74 Å². The van der Waals surface area contributed by atoms with Gasteiger partial charge in [0, 0.05) is 12.6 Å². The fourth-order valence-electron chi connectivity index (χ4n) is 0.973. The van der Waals surface area contributed by atoms with Gasteiger partial charge in [0.05, 0.1) is 6.61 Å². The number of ether oxygens (including phenoxy) is 1. The van der Waals surface area contributed by atoms with Gasteiger partial charge in [-0.15, -0.1) is 6.58 Å². The SMILES string of the molecule is C=CCOCCCC(N)CCN. The van der Waals surface area contributed by atoms with Crippen LogP contribution in [0.2, 0.25) is 0 Å². The maximum absolute atomic E-state index is 5.74. The summed E-state index contributed by atoms with van der Waals surface area (Å²) < 4.78 is 5.21. The van der Waals surface area contributed by atoms with Crippen molar-refractivity contribution in [1.29, 1.82) is 0 Å². The van der Waals surface area contributed by atoms with Gasteiger partial charge >= 0.3 is 0 Å². The van der Waals surface area contributed by atoms with Crippen molar-refractivity contribution in [2.24, 2.45) is 11.5 Å². The molecule has 0 aromatic rings. The smallest absolute Gasteiger partial charge is 0.0644 e. The van der Waals surface area contributed by atoms with E-state index in [-0.39, 0.29) is 6.04 Å². The van der Waals surface area contributed by atoms with Crippen LogP contribution in [0.4, 0.5) is 0 Å². The molecule has 0 saturated heterocycles. The van der Waals surface area contributed by atoms with Gasteiger partial charge in [-0.05, 0) is 25.8 Å². The van der Waals surface area contributed by atoms with E-state index in [9.17, 15) is 0 Å². The molecule has 1 atom stereocenters. The molecule has 0 spiro atoms. The highest BCUT2D eigenvalue weighted by Gasteiger charge is 1.99. The molecule has 72 valence electrons. The highest BCUT2D eigenvalue weighted by Crippen LogP contribution is 1.97. The molecule has 0 saturated carbocycles. The number of hydrogen-bond donors (Lipinski definition) is 2. The van der Waals surface area contributed by atoms with Gasteiger partial charge in [0.15, 0.2) is 0 Å². The van der Waals surface area contributed by atoms with Gasteiger partial charge in [-0.25, -0.2) is 0 Å². The molecule has 0 radical (unpaired) electrons. The molecule has 12 heavy (non-hydrogen) atoms. The summed E-state index contributed by atoms with van der Waals surface area (Å²) in [6, 6.07) is 0.238. The van der Waals surface area contributed by atoms with E-state index in [2.05, 4.69) is 6.58 Å². The first-order valence-corrected chi connectivity index (χ1v) is 4.45. The Labute approximate surface area is 74.8 Å². The summed E-state index contributed by atoms with van der Waals surface area (Å²) in [4.78, 5) is 0. The summed E-state index contributed by atoms with van der Waals surface area (Å²) in [5.74, 6) is 0. The van der Waals surface area contributed by atoms with Gasteiger partial charge < -0.3 is 16.2 Å². The van der Waals surface area contributed by atoms with Crippen LogP contribution in [0.1, 0.15) is 19.3 Å².